The molecule has 0 aliphatic rings. The molecule has 3 rings (SSSR count). The first kappa shape index (κ1) is 19.8. The molecule has 0 spiro atoms. The van der Waals surface area contributed by atoms with Crippen LogP contribution in [-0.4, -0.2) is 15.8 Å². The minimum Gasteiger partial charge on any atom is -0.308 e. The summed E-state index contributed by atoms with van der Waals surface area (Å²) in [6.45, 7) is 1.90. The summed E-state index contributed by atoms with van der Waals surface area (Å²) in [5.41, 5.74) is 0.995. The van der Waals surface area contributed by atoms with Crippen molar-refractivity contribution >= 4 is 29.1 Å². The largest absolute Gasteiger partial charge is 0.416 e. The van der Waals surface area contributed by atoms with Gasteiger partial charge in [-0.1, -0.05) is 23.7 Å². The van der Waals surface area contributed by atoms with E-state index in [0.717, 1.165) is 12.1 Å². The summed E-state index contributed by atoms with van der Waals surface area (Å²) in [6.07, 6.45) is -4.40. The Balaban J connectivity index is 1.68. The Kier molecular flexibility index (Phi) is 5.60. The van der Waals surface area contributed by atoms with Crippen molar-refractivity contribution in [3.63, 3.8) is 0 Å². The van der Waals surface area contributed by atoms with Gasteiger partial charge in [-0.05, 0) is 48.9 Å². The Labute approximate surface area is 164 Å². The van der Waals surface area contributed by atoms with Crippen LogP contribution >= 0.6 is 11.6 Å². The van der Waals surface area contributed by atoms with Crippen LogP contribution in [0.4, 0.5) is 29.5 Å². The Hall–Kier alpha value is -3.00. The van der Waals surface area contributed by atoms with E-state index >= 15 is 0 Å². The lowest BCUT2D eigenvalue weighted by molar-refractivity contribution is -0.137. The number of urea groups is 1. The Morgan fingerprint density at radius 2 is 1.82 bits per heavy atom. The average molecular weight is 409 g/mol. The van der Waals surface area contributed by atoms with Crippen molar-refractivity contribution in [1.29, 1.82) is 0 Å². The highest BCUT2D eigenvalue weighted by Gasteiger charge is 2.30. The highest BCUT2D eigenvalue weighted by atomic mass is 35.5. The van der Waals surface area contributed by atoms with Gasteiger partial charge in [0.25, 0.3) is 0 Å². The maximum atomic E-state index is 12.9. The predicted molar refractivity (Wildman–Crippen MR) is 102 cm³/mol. The van der Waals surface area contributed by atoms with E-state index in [9.17, 15) is 18.0 Å². The van der Waals surface area contributed by atoms with Gasteiger partial charge in [0.2, 0.25) is 0 Å². The number of carbonyl (C=O) groups is 1. The summed E-state index contributed by atoms with van der Waals surface area (Å²) >= 11 is 5.80. The van der Waals surface area contributed by atoms with E-state index in [0.29, 0.717) is 22.0 Å². The molecular formula is C19H16ClF3N4O. The number of nitrogens with one attached hydrogen (secondary N) is 2. The van der Waals surface area contributed by atoms with Crippen LogP contribution in [0.25, 0.3) is 0 Å². The predicted octanol–water partition coefficient (Wildman–Crippen LogP) is 5.56. The lowest BCUT2D eigenvalue weighted by Gasteiger charge is -2.09. The number of hydrogen-bond acceptors (Lipinski definition) is 2. The molecule has 0 saturated carbocycles. The van der Waals surface area contributed by atoms with Crippen molar-refractivity contribution in [2.24, 2.45) is 0 Å². The summed E-state index contributed by atoms with van der Waals surface area (Å²) < 4.78 is 40.1. The average Bonchev–Trinajstić information content (AvgIpc) is 2.95. The molecule has 1 heterocycles. The van der Waals surface area contributed by atoms with E-state index in [-0.39, 0.29) is 12.4 Å². The Morgan fingerprint density at radius 1 is 1.11 bits per heavy atom. The molecule has 3 aromatic rings. The first-order chi connectivity index (χ1) is 13.2. The molecule has 0 saturated heterocycles. The van der Waals surface area contributed by atoms with E-state index in [1.54, 1.807) is 43.3 Å². The summed E-state index contributed by atoms with van der Waals surface area (Å²) in [5, 5.41) is 10.0. The van der Waals surface area contributed by atoms with E-state index in [2.05, 4.69) is 15.7 Å². The molecule has 0 unspecified atom stereocenters. The molecule has 0 atom stereocenters. The molecule has 9 heteroatoms. The van der Waals surface area contributed by atoms with Crippen LogP contribution in [0, 0.1) is 6.92 Å². The summed E-state index contributed by atoms with van der Waals surface area (Å²) in [5.74, 6) is 0.288. The van der Waals surface area contributed by atoms with Crippen LogP contribution in [0.15, 0.2) is 54.6 Å². The molecule has 2 aromatic carbocycles. The van der Waals surface area contributed by atoms with E-state index in [4.69, 9.17) is 11.6 Å². The van der Waals surface area contributed by atoms with Crippen molar-refractivity contribution in [3.05, 3.63) is 76.4 Å². The third-order valence-corrected chi connectivity index (χ3v) is 4.16. The third-order valence-electron chi connectivity index (χ3n) is 3.91. The molecule has 146 valence electrons. The molecule has 0 fully saturated rings. The number of anilines is 2. The highest BCUT2D eigenvalue weighted by molar-refractivity contribution is 6.30. The maximum absolute atomic E-state index is 12.9. The van der Waals surface area contributed by atoms with Gasteiger partial charge in [-0.3, -0.25) is 10.00 Å². The van der Waals surface area contributed by atoms with Crippen LogP contribution in [0.3, 0.4) is 0 Å². The van der Waals surface area contributed by atoms with Crippen LogP contribution < -0.4 is 10.6 Å². The minimum absolute atomic E-state index is 0.149. The summed E-state index contributed by atoms with van der Waals surface area (Å²) in [6, 6.07) is 12.8. The second-order valence-corrected chi connectivity index (χ2v) is 6.55. The SMILES string of the molecule is Cc1cc(NC(=O)Nc2ccc(Cl)cc2)nn1Cc1cccc(C(F)(F)F)c1. The number of aromatic nitrogens is 2. The number of alkyl halides is 3. The topological polar surface area (TPSA) is 59.0 Å². The van der Waals surface area contributed by atoms with Gasteiger partial charge >= 0.3 is 12.2 Å². The number of nitrogens with zero attached hydrogens (tertiary/aromatic N) is 2. The first-order valence-electron chi connectivity index (χ1n) is 8.25. The standard InChI is InChI=1S/C19H16ClF3N4O/c1-12-9-17(25-18(28)24-16-7-5-15(20)6-8-16)26-27(12)11-13-3-2-4-14(10-13)19(21,22)23/h2-10H,11H2,1H3,(H2,24,25,26,28). The maximum Gasteiger partial charge on any atom is 0.416 e. The fourth-order valence-corrected chi connectivity index (χ4v) is 2.69. The zero-order valence-electron chi connectivity index (χ0n) is 14.7. The molecular weight excluding hydrogens is 393 g/mol. The van der Waals surface area contributed by atoms with E-state index in [1.807, 2.05) is 0 Å². The van der Waals surface area contributed by atoms with Gasteiger partial charge in [0, 0.05) is 22.5 Å². The van der Waals surface area contributed by atoms with Crippen molar-refractivity contribution < 1.29 is 18.0 Å². The molecule has 0 aliphatic heterocycles. The van der Waals surface area contributed by atoms with Gasteiger partial charge in [-0.2, -0.15) is 18.3 Å². The van der Waals surface area contributed by atoms with Gasteiger partial charge in [-0.15, -0.1) is 0 Å². The van der Waals surface area contributed by atoms with Crippen LogP contribution in [0.1, 0.15) is 16.8 Å². The number of carbonyl (C=O) groups excluding carboxylic acids is 1. The van der Waals surface area contributed by atoms with Crippen molar-refractivity contribution in [2.75, 3.05) is 10.6 Å². The van der Waals surface area contributed by atoms with Gasteiger partial charge in [0.15, 0.2) is 5.82 Å². The molecule has 0 aliphatic carbocycles. The number of hydrogen-bond donors (Lipinski definition) is 2. The zero-order chi connectivity index (χ0) is 20.3. The quantitative estimate of drug-likeness (QED) is 0.594. The second kappa shape index (κ2) is 7.93. The van der Waals surface area contributed by atoms with Crippen molar-refractivity contribution in [1.82, 2.24) is 9.78 Å². The van der Waals surface area contributed by atoms with E-state index < -0.39 is 17.8 Å². The van der Waals surface area contributed by atoms with Crippen molar-refractivity contribution in [2.45, 2.75) is 19.6 Å². The smallest absolute Gasteiger partial charge is 0.308 e. The summed E-state index contributed by atoms with van der Waals surface area (Å²) in [7, 11) is 0. The van der Waals surface area contributed by atoms with Gasteiger partial charge < -0.3 is 5.32 Å². The minimum atomic E-state index is -4.40. The molecule has 2 N–H and O–H groups in total. The van der Waals surface area contributed by atoms with Crippen LogP contribution in [0.2, 0.25) is 5.02 Å². The lowest BCUT2D eigenvalue weighted by Crippen LogP contribution is -2.19. The molecule has 28 heavy (non-hydrogen) atoms. The Morgan fingerprint density at radius 3 is 2.50 bits per heavy atom. The number of rotatable bonds is 4. The van der Waals surface area contributed by atoms with Gasteiger partial charge in [0.05, 0.1) is 12.1 Å². The number of benzene rings is 2. The fraction of sp³-hybridized carbons (Fsp3) is 0.158. The lowest BCUT2D eigenvalue weighted by atomic mass is 10.1. The van der Waals surface area contributed by atoms with Gasteiger partial charge in [0.1, 0.15) is 0 Å². The van der Waals surface area contributed by atoms with Crippen molar-refractivity contribution in [3.8, 4) is 0 Å². The fourth-order valence-electron chi connectivity index (χ4n) is 2.56. The normalized spacial score (nSPS) is 11.3. The monoisotopic (exact) mass is 408 g/mol. The summed E-state index contributed by atoms with van der Waals surface area (Å²) in [4.78, 5) is 12.1. The van der Waals surface area contributed by atoms with Crippen LogP contribution in [-0.2, 0) is 12.7 Å². The van der Waals surface area contributed by atoms with E-state index in [1.165, 1.54) is 10.7 Å². The Bertz CT molecular complexity index is 984. The first-order valence-corrected chi connectivity index (χ1v) is 8.63. The molecule has 2 amide bonds. The molecule has 5 nitrogen and oxygen atoms in total. The number of amides is 2. The molecule has 1 aromatic heterocycles. The molecule has 0 radical (unpaired) electrons. The number of aryl methyl sites for hydroxylation is 1. The molecule has 0 bridgehead atoms. The zero-order valence-corrected chi connectivity index (χ0v) is 15.5. The van der Waals surface area contributed by atoms with Gasteiger partial charge in [-0.25, -0.2) is 4.79 Å². The van der Waals surface area contributed by atoms with Crippen LogP contribution in [0.5, 0.6) is 0 Å². The number of halogens is 4. The second-order valence-electron chi connectivity index (χ2n) is 6.11. The highest BCUT2D eigenvalue weighted by Crippen LogP contribution is 2.29. The third kappa shape index (κ3) is 5.04.